The average molecular weight is 262 g/mol. The first-order valence-corrected chi connectivity index (χ1v) is 6.37. The smallest absolute Gasteiger partial charge is 0.323 e. The molecule has 0 saturated carbocycles. The maximum atomic E-state index is 12.4. The summed E-state index contributed by atoms with van der Waals surface area (Å²) >= 11 is 0. The van der Waals surface area contributed by atoms with Crippen LogP contribution >= 0.6 is 0 Å². The van der Waals surface area contributed by atoms with Crippen LogP contribution < -0.4 is 0 Å². The van der Waals surface area contributed by atoms with Gasteiger partial charge >= 0.3 is 11.9 Å². The first kappa shape index (κ1) is 16.9. The van der Waals surface area contributed by atoms with Gasteiger partial charge in [-0.2, -0.15) is 0 Å². The summed E-state index contributed by atoms with van der Waals surface area (Å²) in [4.78, 5) is 24.2. The molecule has 0 spiro atoms. The lowest BCUT2D eigenvalue weighted by Gasteiger charge is -2.32. The van der Waals surface area contributed by atoms with Crippen LogP contribution in [0.3, 0.4) is 0 Å². The van der Waals surface area contributed by atoms with Gasteiger partial charge in [0, 0.05) is 0 Å². The third kappa shape index (κ3) is 3.68. The minimum absolute atomic E-state index is 0.110. The van der Waals surface area contributed by atoms with Crippen LogP contribution in [0.2, 0.25) is 0 Å². The van der Waals surface area contributed by atoms with Gasteiger partial charge in [-0.3, -0.25) is 14.0 Å². The number of alkyl halides is 1. The molecule has 0 saturated heterocycles. The fourth-order valence-corrected chi connectivity index (χ4v) is 1.91. The minimum atomic E-state index is -1.39. The zero-order valence-corrected chi connectivity index (χ0v) is 11.6. The van der Waals surface area contributed by atoms with E-state index in [4.69, 9.17) is 9.47 Å². The van der Waals surface area contributed by atoms with E-state index in [0.29, 0.717) is 0 Å². The van der Waals surface area contributed by atoms with Crippen LogP contribution in [0.4, 0.5) is 4.39 Å². The standard InChI is InChI=1S/C13H23FO4/c1-5-17-11(15)13(10(3)4,8-7-9-14)12(16)18-6-2/h10H,5-9H2,1-4H3. The van der Waals surface area contributed by atoms with E-state index in [1.165, 1.54) is 0 Å². The normalized spacial score (nSPS) is 11.4. The van der Waals surface area contributed by atoms with Crippen molar-refractivity contribution in [3.05, 3.63) is 0 Å². The quantitative estimate of drug-likeness (QED) is 0.498. The van der Waals surface area contributed by atoms with Crippen molar-refractivity contribution in [1.82, 2.24) is 0 Å². The Hall–Kier alpha value is -1.13. The molecule has 4 nitrogen and oxygen atoms in total. The van der Waals surface area contributed by atoms with Gasteiger partial charge in [0.15, 0.2) is 5.41 Å². The maximum absolute atomic E-state index is 12.4. The summed E-state index contributed by atoms with van der Waals surface area (Å²) in [7, 11) is 0. The van der Waals surface area contributed by atoms with E-state index in [1.54, 1.807) is 27.7 Å². The molecular formula is C13H23FO4. The molecular weight excluding hydrogens is 239 g/mol. The van der Waals surface area contributed by atoms with Crippen molar-refractivity contribution in [2.45, 2.75) is 40.5 Å². The van der Waals surface area contributed by atoms with Gasteiger partial charge in [0.25, 0.3) is 0 Å². The molecule has 5 heteroatoms. The summed E-state index contributed by atoms with van der Waals surface area (Å²) in [5, 5.41) is 0. The van der Waals surface area contributed by atoms with Gasteiger partial charge in [-0.05, 0) is 32.6 Å². The van der Waals surface area contributed by atoms with E-state index in [9.17, 15) is 14.0 Å². The molecule has 0 radical (unpaired) electrons. The molecule has 0 N–H and O–H groups in total. The fourth-order valence-electron chi connectivity index (χ4n) is 1.91. The Balaban J connectivity index is 5.27. The highest BCUT2D eigenvalue weighted by Crippen LogP contribution is 2.36. The van der Waals surface area contributed by atoms with Crippen LogP contribution in [-0.4, -0.2) is 31.8 Å². The third-order valence-corrected chi connectivity index (χ3v) is 2.97. The molecule has 106 valence electrons. The van der Waals surface area contributed by atoms with E-state index in [1.807, 2.05) is 0 Å². The summed E-state index contributed by atoms with van der Waals surface area (Å²) in [6, 6.07) is 0. The Kier molecular flexibility index (Phi) is 7.55. The molecule has 0 aliphatic carbocycles. The number of carbonyl (C=O) groups is 2. The largest absolute Gasteiger partial charge is 0.465 e. The van der Waals surface area contributed by atoms with Crippen molar-refractivity contribution in [2.24, 2.45) is 11.3 Å². The van der Waals surface area contributed by atoms with Gasteiger partial charge in [-0.15, -0.1) is 0 Å². The van der Waals surface area contributed by atoms with Crippen LogP contribution in [-0.2, 0) is 19.1 Å². The summed E-state index contributed by atoms with van der Waals surface area (Å²) in [6.45, 7) is 6.61. The summed E-state index contributed by atoms with van der Waals surface area (Å²) in [5.74, 6) is -1.54. The number of esters is 2. The molecule has 0 aliphatic rings. The van der Waals surface area contributed by atoms with E-state index >= 15 is 0 Å². The lowest BCUT2D eigenvalue weighted by Crippen LogP contribution is -2.46. The second-order valence-electron chi connectivity index (χ2n) is 4.36. The molecule has 0 aromatic carbocycles. The van der Waals surface area contributed by atoms with Crippen LogP contribution in [0.5, 0.6) is 0 Å². The number of hydrogen-bond donors (Lipinski definition) is 0. The number of hydrogen-bond acceptors (Lipinski definition) is 4. The van der Waals surface area contributed by atoms with Crippen molar-refractivity contribution in [3.8, 4) is 0 Å². The van der Waals surface area contributed by atoms with Crippen LogP contribution in [0.25, 0.3) is 0 Å². The molecule has 0 heterocycles. The highest BCUT2D eigenvalue weighted by molar-refractivity contribution is 6.00. The second kappa shape index (κ2) is 8.06. The Labute approximate surface area is 108 Å². The molecule has 0 aromatic rings. The van der Waals surface area contributed by atoms with E-state index in [0.717, 1.165) is 0 Å². The predicted octanol–water partition coefficient (Wildman–Crippen LogP) is 2.50. The highest BCUT2D eigenvalue weighted by atomic mass is 19.1. The lowest BCUT2D eigenvalue weighted by molar-refractivity contribution is -0.176. The van der Waals surface area contributed by atoms with Crippen molar-refractivity contribution in [1.29, 1.82) is 0 Å². The summed E-state index contributed by atoms with van der Waals surface area (Å²) < 4.78 is 22.3. The monoisotopic (exact) mass is 262 g/mol. The number of rotatable bonds is 8. The highest BCUT2D eigenvalue weighted by Gasteiger charge is 2.50. The van der Waals surface area contributed by atoms with Crippen LogP contribution in [0, 0.1) is 11.3 Å². The number of halogens is 1. The van der Waals surface area contributed by atoms with Crippen LogP contribution in [0.15, 0.2) is 0 Å². The van der Waals surface area contributed by atoms with Crippen molar-refractivity contribution >= 4 is 11.9 Å². The van der Waals surface area contributed by atoms with Gasteiger partial charge in [0.2, 0.25) is 0 Å². The molecule has 0 amide bonds. The van der Waals surface area contributed by atoms with Crippen molar-refractivity contribution in [2.75, 3.05) is 19.9 Å². The molecule has 0 rings (SSSR count). The van der Waals surface area contributed by atoms with Crippen molar-refractivity contribution in [3.63, 3.8) is 0 Å². The average Bonchev–Trinajstić information content (AvgIpc) is 2.30. The molecule has 0 unspecified atom stereocenters. The Morgan fingerprint density at radius 3 is 1.83 bits per heavy atom. The fraction of sp³-hybridized carbons (Fsp3) is 0.846. The van der Waals surface area contributed by atoms with Crippen LogP contribution in [0.1, 0.15) is 40.5 Å². The topological polar surface area (TPSA) is 52.6 Å². The molecule has 0 atom stereocenters. The van der Waals surface area contributed by atoms with E-state index < -0.39 is 24.0 Å². The Morgan fingerprint density at radius 1 is 1.11 bits per heavy atom. The van der Waals surface area contributed by atoms with Gasteiger partial charge in [-0.1, -0.05) is 13.8 Å². The third-order valence-electron chi connectivity index (χ3n) is 2.97. The number of ether oxygens (including phenoxy) is 2. The summed E-state index contributed by atoms with van der Waals surface area (Å²) in [6.07, 6.45) is 0.245. The van der Waals surface area contributed by atoms with Gasteiger partial charge in [0.05, 0.1) is 19.9 Å². The lowest BCUT2D eigenvalue weighted by atomic mass is 9.73. The first-order chi connectivity index (χ1) is 8.47. The van der Waals surface area contributed by atoms with Gasteiger partial charge < -0.3 is 9.47 Å². The summed E-state index contributed by atoms with van der Waals surface area (Å²) in [5.41, 5.74) is -1.39. The first-order valence-electron chi connectivity index (χ1n) is 6.37. The molecule has 0 aromatic heterocycles. The second-order valence-corrected chi connectivity index (χ2v) is 4.36. The Bertz CT molecular complexity index is 258. The predicted molar refractivity (Wildman–Crippen MR) is 65.7 cm³/mol. The van der Waals surface area contributed by atoms with Crippen molar-refractivity contribution < 1.29 is 23.5 Å². The van der Waals surface area contributed by atoms with E-state index in [-0.39, 0.29) is 32.0 Å². The SMILES string of the molecule is CCOC(=O)C(CCCF)(C(=O)OCC)C(C)C. The van der Waals surface area contributed by atoms with Gasteiger partial charge in [-0.25, -0.2) is 0 Å². The zero-order chi connectivity index (χ0) is 14.2. The molecule has 0 aliphatic heterocycles. The van der Waals surface area contributed by atoms with Gasteiger partial charge in [0.1, 0.15) is 0 Å². The zero-order valence-electron chi connectivity index (χ0n) is 11.6. The number of carbonyl (C=O) groups excluding carboxylic acids is 2. The van der Waals surface area contributed by atoms with E-state index in [2.05, 4.69) is 0 Å². The molecule has 18 heavy (non-hydrogen) atoms. The Morgan fingerprint density at radius 2 is 1.56 bits per heavy atom. The maximum Gasteiger partial charge on any atom is 0.323 e. The minimum Gasteiger partial charge on any atom is -0.465 e. The molecule has 0 bridgehead atoms. The molecule has 0 fully saturated rings.